The van der Waals surface area contributed by atoms with Crippen LogP contribution in [0.3, 0.4) is 0 Å². The Morgan fingerprint density at radius 1 is 1.06 bits per heavy atom. The highest BCUT2D eigenvalue weighted by atomic mass is 19.3. The first-order chi connectivity index (χ1) is 16.4. The first-order valence-corrected chi connectivity index (χ1v) is 11.1. The van der Waals surface area contributed by atoms with Crippen molar-refractivity contribution >= 4 is 40.2 Å². The van der Waals surface area contributed by atoms with Crippen molar-refractivity contribution in [1.82, 2.24) is 14.9 Å². The lowest BCUT2D eigenvalue weighted by molar-refractivity contribution is -0.0221. The van der Waals surface area contributed by atoms with Crippen LogP contribution in [-0.4, -0.2) is 59.6 Å². The molecular formula is C25H24F2N6O. The summed E-state index contributed by atoms with van der Waals surface area (Å²) in [5.74, 6) is -2.03. The molecule has 1 N–H and O–H groups in total. The van der Waals surface area contributed by atoms with E-state index in [2.05, 4.69) is 25.2 Å². The lowest BCUT2D eigenvalue weighted by atomic mass is 10.1. The van der Waals surface area contributed by atoms with E-state index in [1.165, 1.54) is 6.20 Å². The zero-order valence-electron chi connectivity index (χ0n) is 18.7. The van der Waals surface area contributed by atoms with E-state index in [0.717, 1.165) is 28.6 Å². The highest BCUT2D eigenvalue weighted by Crippen LogP contribution is 2.30. The van der Waals surface area contributed by atoms with E-state index in [0.29, 0.717) is 17.2 Å². The number of aromatic nitrogens is 2. The van der Waals surface area contributed by atoms with Crippen molar-refractivity contribution in [3.63, 3.8) is 0 Å². The van der Waals surface area contributed by atoms with Gasteiger partial charge in [-0.25, -0.2) is 18.7 Å². The van der Waals surface area contributed by atoms with Crippen molar-refractivity contribution in [1.29, 1.82) is 0 Å². The number of nitrogens with one attached hydrogen (secondary N) is 1. The van der Waals surface area contributed by atoms with E-state index in [1.807, 2.05) is 43.7 Å². The van der Waals surface area contributed by atoms with E-state index in [1.54, 1.807) is 23.2 Å². The summed E-state index contributed by atoms with van der Waals surface area (Å²) in [4.78, 5) is 29.7. The summed E-state index contributed by atoms with van der Waals surface area (Å²) in [5.41, 5.74) is 2.44. The number of benzene rings is 1. The van der Waals surface area contributed by atoms with Crippen molar-refractivity contribution in [2.75, 3.05) is 36.9 Å². The Hall–Kier alpha value is -3.88. The minimum atomic E-state index is -2.64. The van der Waals surface area contributed by atoms with E-state index in [9.17, 15) is 13.6 Å². The zero-order valence-corrected chi connectivity index (χ0v) is 18.7. The first kappa shape index (κ1) is 21.9. The molecule has 174 valence electrons. The van der Waals surface area contributed by atoms with Crippen molar-refractivity contribution in [2.45, 2.75) is 18.8 Å². The summed E-state index contributed by atoms with van der Waals surface area (Å²) in [6.45, 7) is 1.16. The maximum Gasteiger partial charge on any atom is 0.257 e. The Bertz CT molecular complexity index is 1300. The molecule has 0 atom stereocenters. The quantitative estimate of drug-likeness (QED) is 0.621. The molecule has 1 amide bonds. The molecular weight excluding hydrogens is 438 g/mol. The number of alkyl halides is 2. The van der Waals surface area contributed by atoms with Gasteiger partial charge < -0.3 is 15.1 Å². The summed E-state index contributed by atoms with van der Waals surface area (Å²) >= 11 is 0. The lowest BCUT2D eigenvalue weighted by Crippen LogP contribution is -2.39. The SMILES string of the molecule is CN1CC=NC=C1c1ccc2cnc(NC(=O)c3ccnc(N4CCC(F)(F)CC4)c3)cc2c1. The third kappa shape index (κ3) is 4.59. The van der Waals surface area contributed by atoms with Crippen molar-refractivity contribution in [3.05, 3.63) is 66.1 Å². The van der Waals surface area contributed by atoms with Crippen LogP contribution in [-0.2, 0) is 0 Å². The Labute approximate surface area is 195 Å². The van der Waals surface area contributed by atoms with Gasteiger partial charge in [-0.1, -0.05) is 12.1 Å². The van der Waals surface area contributed by atoms with Crippen LogP contribution in [0.1, 0.15) is 28.8 Å². The van der Waals surface area contributed by atoms with E-state index < -0.39 is 5.92 Å². The third-order valence-corrected chi connectivity index (χ3v) is 6.15. The number of rotatable bonds is 4. The number of amides is 1. The van der Waals surface area contributed by atoms with Crippen LogP contribution in [0.15, 0.2) is 60.0 Å². The lowest BCUT2D eigenvalue weighted by Gasteiger charge is -2.32. The monoisotopic (exact) mass is 462 g/mol. The Kier molecular flexibility index (Phi) is 5.69. The molecule has 0 radical (unpaired) electrons. The number of carbonyl (C=O) groups excluding carboxylic acids is 1. The maximum absolute atomic E-state index is 13.5. The maximum atomic E-state index is 13.5. The van der Waals surface area contributed by atoms with Crippen LogP contribution >= 0.6 is 0 Å². The smallest absolute Gasteiger partial charge is 0.257 e. The van der Waals surface area contributed by atoms with Crippen molar-refractivity contribution < 1.29 is 13.6 Å². The summed E-state index contributed by atoms with van der Waals surface area (Å²) in [5, 5.41) is 4.73. The number of hydrogen-bond acceptors (Lipinski definition) is 6. The standard InChI is InChI=1S/C25H24F2N6O/c1-32-11-8-28-16-21(32)17-2-3-19-15-30-22(13-20(19)12-17)31-24(34)18-4-7-29-23(14-18)33-9-5-25(26,27)6-10-33/h2-4,7-8,12-16H,5-6,9-11H2,1H3,(H,30,31,34). The summed E-state index contributed by atoms with van der Waals surface area (Å²) in [6.07, 6.45) is 6.50. The third-order valence-electron chi connectivity index (χ3n) is 6.15. The molecule has 9 heteroatoms. The number of carbonyl (C=O) groups is 1. The number of halogens is 2. The van der Waals surface area contributed by atoms with E-state index in [-0.39, 0.29) is 31.8 Å². The molecule has 1 aromatic carbocycles. The molecule has 3 aromatic rings. The Morgan fingerprint density at radius 3 is 2.68 bits per heavy atom. The molecule has 4 heterocycles. The summed E-state index contributed by atoms with van der Waals surface area (Å²) in [6, 6.07) is 11.1. The van der Waals surface area contributed by atoms with Gasteiger partial charge in [-0.05, 0) is 29.7 Å². The van der Waals surface area contributed by atoms with Crippen LogP contribution in [0.5, 0.6) is 0 Å². The summed E-state index contributed by atoms with van der Waals surface area (Å²) in [7, 11) is 2.01. The molecule has 0 spiro atoms. The second kappa shape index (κ2) is 8.81. The van der Waals surface area contributed by atoms with Gasteiger partial charge in [0.05, 0.1) is 18.4 Å². The van der Waals surface area contributed by atoms with Crippen molar-refractivity contribution in [3.8, 4) is 0 Å². The average Bonchev–Trinajstić information content (AvgIpc) is 2.84. The molecule has 7 nitrogen and oxygen atoms in total. The molecule has 0 saturated carbocycles. The predicted octanol–water partition coefficient (Wildman–Crippen LogP) is 4.43. The molecule has 2 aliphatic heterocycles. The molecule has 5 rings (SSSR count). The van der Waals surface area contributed by atoms with E-state index in [4.69, 9.17) is 0 Å². The number of nitrogens with zero attached hydrogens (tertiary/aromatic N) is 5. The van der Waals surface area contributed by atoms with Crippen LogP contribution < -0.4 is 10.2 Å². The van der Waals surface area contributed by atoms with Gasteiger partial charge in [0, 0.05) is 68.1 Å². The average molecular weight is 463 g/mol. The molecule has 2 aromatic heterocycles. The molecule has 2 aliphatic rings. The number of piperidine rings is 1. The predicted molar refractivity (Wildman–Crippen MR) is 129 cm³/mol. The number of pyridine rings is 2. The van der Waals surface area contributed by atoms with Gasteiger partial charge >= 0.3 is 0 Å². The largest absolute Gasteiger partial charge is 0.368 e. The fourth-order valence-electron chi connectivity index (χ4n) is 4.14. The highest BCUT2D eigenvalue weighted by molar-refractivity contribution is 6.05. The molecule has 0 aliphatic carbocycles. The van der Waals surface area contributed by atoms with E-state index >= 15 is 0 Å². The fraction of sp³-hybridized carbons (Fsp3) is 0.280. The van der Waals surface area contributed by atoms with Crippen LogP contribution in [0, 0.1) is 0 Å². The minimum Gasteiger partial charge on any atom is -0.368 e. The minimum absolute atomic E-state index is 0.205. The Morgan fingerprint density at radius 2 is 1.88 bits per heavy atom. The first-order valence-electron chi connectivity index (χ1n) is 11.1. The normalized spacial score (nSPS) is 17.6. The van der Waals surface area contributed by atoms with Crippen molar-refractivity contribution in [2.24, 2.45) is 4.99 Å². The summed E-state index contributed by atoms with van der Waals surface area (Å²) < 4.78 is 26.9. The number of fused-ring (bicyclic) bond motifs is 1. The van der Waals surface area contributed by atoms with Gasteiger partial charge in [-0.3, -0.25) is 9.79 Å². The van der Waals surface area contributed by atoms with Crippen LogP contribution in [0.4, 0.5) is 20.4 Å². The molecule has 1 saturated heterocycles. The van der Waals surface area contributed by atoms with Gasteiger partial charge in [0.2, 0.25) is 0 Å². The second-order valence-corrected chi connectivity index (χ2v) is 8.56. The zero-order chi connectivity index (χ0) is 23.7. The van der Waals surface area contributed by atoms with Gasteiger partial charge in [-0.2, -0.15) is 0 Å². The van der Waals surface area contributed by atoms with Gasteiger partial charge in [0.1, 0.15) is 11.6 Å². The van der Waals surface area contributed by atoms with Crippen LogP contribution in [0.2, 0.25) is 0 Å². The number of anilines is 2. The topological polar surface area (TPSA) is 73.7 Å². The van der Waals surface area contributed by atoms with Gasteiger partial charge in [0.25, 0.3) is 11.8 Å². The van der Waals surface area contributed by atoms with Gasteiger partial charge in [-0.15, -0.1) is 0 Å². The highest BCUT2D eigenvalue weighted by Gasteiger charge is 2.34. The van der Waals surface area contributed by atoms with Crippen LogP contribution in [0.25, 0.3) is 16.5 Å². The fourth-order valence-corrected chi connectivity index (χ4v) is 4.14. The molecule has 1 fully saturated rings. The Balaban J connectivity index is 1.34. The number of aliphatic imine (C=N–C) groups is 1. The second-order valence-electron chi connectivity index (χ2n) is 8.56. The number of hydrogen-bond donors (Lipinski definition) is 1. The molecule has 0 unspecified atom stereocenters. The molecule has 34 heavy (non-hydrogen) atoms. The molecule has 0 bridgehead atoms. The van der Waals surface area contributed by atoms with Gasteiger partial charge in [0.15, 0.2) is 0 Å².